The Morgan fingerprint density at radius 2 is 2.22 bits per heavy atom. The molecule has 0 bridgehead atoms. The third-order valence-corrected chi connectivity index (χ3v) is 5.07. The highest BCUT2D eigenvalue weighted by atomic mass is 32.1. The Kier molecular flexibility index (Phi) is 3.57. The van der Waals surface area contributed by atoms with Gasteiger partial charge in [0.2, 0.25) is 0 Å². The number of furan rings is 1. The van der Waals surface area contributed by atoms with E-state index in [-0.39, 0.29) is 27.6 Å². The largest absolute Gasteiger partial charge is 0.539 e. The van der Waals surface area contributed by atoms with Crippen LogP contribution in [-0.2, 0) is 7.05 Å². The molecule has 0 aliphatic carbocycles. The zero-order valence-corrected chi connectivity index (χ0v) is 14.5. The van der Waals surface area contributed by atoms with E-state index in [0.717, 1.165) is 16.0 Å². The Bertz CT molecular complexity index is 1230. The van der Waals surface area contributed by atoms with E-state index in [9.17, 15) is 15.2 Å². The highest BCUT2D eigenvalue weighted by molar-refractivity contribution is 7.21. The Labute approximate surface area is 154 Å². The summed E-state index contributed by atoms with van der Waals surface area (Å²) in [4.78, 5) is 17.4. The van der Waals surface area contributed by atoms with Gasteiger partial charge < -0.3 is 25.5 Å². The van der Waals surface area contributed by atoms with E-state index in [0.29, 0.717) is 21.5 Å². The number of anilines is 2. The summed E-state index contributed by atoms with van der Waals surface area (Å²) in [6.07, 6.45) is 1.44. The van der Waals surface area contributed by atoms with Crippen molar-refractivity contribution in [1.82, 2.24) is 10.3 Å². The van der Waals surface area contributed by atoms with Crippen LogP contribution in [-0.4, -0.2) is 16.0 Å². The summed E-state index contributed by atoms with van der Waals surface area (Å²) in [6, 6.07) is 5.28. The first-order valence-corrected chi connectivity index (χ1v) is 8.28. The van der Waals surface area contributed by atoms with E-state index in [1.165, 1.54) is 13.3 Å². The predicted octanol–water partition coefficient (Wildman–Crippen LogP) is 0.709. The molecule has 0 saturated heterocycles. The number of nitrogens with zero attached hydrogens (tertiary/aromatic N) is 4. The van der Waals surface area contributed by atoms with E-state index in [1.807, 2.05) is 6.07 Å². The topological polar surface area (TPSA) is 172 Å². The minimum atomic E-state index is -0.879. The number of nitriles is 1. The normalized spacial score (nSPS) is 11.0. The van der Waals surface area contributed by atoms with Crippen LogP contribution < -0.4 is 21.3 Å². The lowest BCUT2D eigenvalue weighted by Crippen LogP contribution is -2.37. The average Bonchev–Trinajstić information content (AvgIpc) is 3.34. The van der Waals surface area contributed by atoms with Crippen LogP contribution in [0.3, 0.4) is 0 Å². The highest BCUT2D eigenvalue weighted by Crippen LogP contribution is 2.43. The Morgan fingerprint density at radius 1 is 1.44 bits per heavy atom. The van der Waals surface area contributed by atoms with E-state index in [1.54, 1.807) is 12.1 Å². The van der Waals surface area contributed by atoms with Gasteiger partial charge in [0.05, 0.1) is 22.8 Å². The first-order valence-electron chi connectivity index (χ1n) is 7.47. The van der Waals surface area contributed by atoms with E-state index in [4.69, 9.17) is 15.9 Å². The molecule has 4 N–H and O–H groups in total. The predicted molar refractivity (Wildman–Crippen MR) is 91.4 cm³/mol. The Morgan fingerprint density at radius 3 is 2.81 bits per heavy atom. The minimum absolute atomic E-state index is 0.0169. The van der Waals surface area contributed by atoms with Gasteiger partial charge in [-0.2, -0.15) is 5.26 Å². The molecule has 134 valence electrons. The number of fused-ring (bicyclic) bond motifs is 1. The average molecular weight is 382 g/mol. The fourth-order valence-corrected chi connectivity index (χ4v) is 3.83. The molecule has 0 aliphatic rings. The molecule has 0 radical (unpaired) electrons. The number of carbonyl (C=O) groups excluding carboxylic acids is 1. The third-order valence-electron chi connectivity index (χ3n) is 3.97. The standard InChI is InChI=1S/C16H10N6O4S/c1-22-11(16(24)26-21-22)12(23)13-10(18)9-8(7-3-2-4-25-7)6(5-17)14(19)20-15(9)27-13/h2-4H,1H3,(H4-,18,19,20,21,23,24). The zero-order valence-electron chi connectivity index (χ0n) is 13.7. The second kappa shape index (κ2) is 5.82. The zero-order chi connectivity index (χ0) is 19.3. The first kappa shape index (κ1) is 16.6. The van der Waals surface area contributed by atoms with Crippen molar-refractivity contribution in [2.75, 3.05) is 11.5 Å². The quantitative estimate of drug-likeness (QED) is 0.382. The molecule has 0 aromatic carbocycles. The number of ketones is 1. The number of nitrogen functional groups attached to an aromatic ring is 2. The van der Waals surface area contributed by atoms with Gasteiger partial charge >= 0.3 is 5.69 Å². The lowest BCUT2D eigenvalue weighted by Gasteiger charge is -2.06. The lowest BCUT2D eigenvalue weighted by atomic mass is 10.0. The monoisotopic (exact) mass is 382 g/mol. The van der Waals surface area contributed by atoms with Crippen LogP contribution in [0.15, 0.2) is 27.3 Å². The number of aryl methyl sites for hydroxylation is 1. The van der Waals surface area contributed by atoms with E-state index in [2.05, 4.69) is 14.8 Å². The second-order valence-corrected chi connectivity index (χ2v) is 6.52. The van der Waals surface area contributed by atoms with Crippen molar-refractivity contribution in [3.8, 4) is 23.3 Å². The molecule has 4 heterocycles. The fraction of sp³-hybridized carbons (Fsp3) is 0.0625. The van der Waals surface area contributed by atoms with Crippen LogP contribution >= 0.6 is 11.3 Å². The molecule has 0 aliphatic heterocycles. The molecule has 4 aromatic rings. The highest BCUT2D eigenvalue weighted by Gasteiger charge is 2.31. The van der Waals surface area contributed by atoms with E-state index >= 15 is 0 Å². The van der Waals surface area contributed by atoms with Crippen molar-refractivity contribution in [1.29, 1.82) is 5.26 Å². The molecule has 4 rings (SSSR count). The Balaban J connectivity index is 2.05. The molecule has 0 atom stereocenters. The number of hydrogen-bond donors (Lipinski definition) is 2. The summed E-state index contributed by atoms with van der Waals surface area (Å²) in [5.41, 5.74) is 12.3. The molecule has 11 heteroatoms. The lowest BCUT2D eigenvalue weighted by molar-refractivity contribution is -0.741. The number of nitrogens with two attached hydrogens (primary N) is 2. The van der Waals surface area contributed by atoms with Crippen molar-refractivity contribution in [2.45, 2.75) is 0 Å². The minimum Gasteiger partial charge on any atom is -0.539 e. The van der Waals surface area contributed by atoms with Crippen molar-refractivity contribution >= 4 is 38.8 Å². The van der Waals surface area contributed by atoms with Gasteiger partial charge in [-0.05, 0) is 12.1 Å². The van der Waals surface area contributed by atoms with Gasteiger partial charge in [0.1, 0.15) is 32.9 Å². The Hall–Kier alpha value is -3.91. The fourth-order valence-electron chi connectivity index (χ4n) is 2.78. The maximum absolute atomic E-state index is 12.8. The number of thiophene rings is 1. The maximum atomic E-state index is 12.8. The second-order valence-electron chi connectivity index (χ2n) is 5.52. The van der Waals surface area contributed by atoms with Gasteiger partial charge in [-0.25, -0.2) is 4.98 Å². The van der Waals surface area contributed by atoms with Crippen LogP contribution in [0.5, 0.6) is 5.95 Å². The molecule has 10 nitrogen and oxygen atoms in total. The van der Waals surface area contributed by atoms with Crippen molar-refractivity contribution < 1.29 is 23.5 Å². The summed E-state index contributed by atoms with van der Waals surface area (Å²) in [5, 5.41) is 25.1. The number of aromatic nitrogens is 3. The summed E-state index contributed by atoms with van der Waals surface area (Å²) in [7, 11) is 1.40. The molecule has 0 spiro atoms. The molecule has 0 unspecified atom stereocenters. The molecule has 0 saturated carbocycles. The van der Waals surface area contributed by atoms with Crippen LogP contribution in [0, 0.1) is 11.3 Å². The van der Waals surface area contributed by atoms with E-state index < -0.39 is 11.7 Å². The van der Waals surface area contributed by atoms with Gasteiger partial charge in [0.15, 0.2) is 13.0 Å². The summed E-state index contributed by atoms with van der Waals surface area (Å²) >= 11 is 0.954. The molecule has 27 heavy (non-hydrogen) atoms. The molecule has 4 aromatic heterocycles. The maximum Gasteiger partial charge on any atom is 0.305 e. The van der Waals surface area contributed by atoms with Crippen LogP contribution in [0.2, 0.25) is 0 Å². The number of hydrogen-bond acceptors (Lipinski definition) is 10. The van der Waals surface area contributed by atoms with Crippen molar-refractivity contribution in [3.05, 3.63) is 34.5 Å². The summed E-state index contributed by atoms with van der Waals surface area (Å²) < 4.78 is 10.9. The summed E-state index contributed by atoms with van der Waals surface area (Å²) in [5.74, 6) is -1.20. The first-order chi connectivity index (χ1) is 12.9. The number of pyridine rings is 1. The van der Waals surface area contributed by atoms with Crippen LogP contribution in [0.1, 0.15) is 20.9 Å². The summed E-state index contributed by atoms with van der Waals surface area (Å²) in [6.45, 7) is 0. The molecular formula is C16H10N6O4S. The van der Waals surface area contributed by atoms with Crippen LogP contribution in [0.25, 0.3) is 21.5 Å². The van der Waals surface area contributed by atoms with Crippen molar-refractivity contribution in [2.24, 2.45) is 7.05 Å². The van der Waals surface area contributed by atoms with Gasteiger partial charge in [-0.1, -0.05) is 4.68 Å². The van der Waals surface area contributed by atoms with Crippen LogP contribution in [0.4, 0.5) is 11.5 Å². The van der Waals surface area contributed by atoms with Gasteiger partial charge in [0, 0.05) is 5.39 Å². The van der Waals surface area contributed by atoms with Gasteiger partial charge in [0.25, 0.3) is 5.78 Å². The number of carbonyl (C=O) groups is 1. The SMILES string of the molecule is C[n+]1noc([O-])c1C(=O)c1sc2nc(N)c(C#N)c(-c3ccco3)c2c1N. The smallest absolute Gasteiger partial charge is 0.305 e. The third kappa shape index (κ3) is 2.31. The van der Waals surface area contributed by atoms with Gasteiger partial charge in [-0.15, -0.1) is 11.3 Å². The number of rotatable bonds is 3. The molecule has 0 amide bonds. The van der Waals surface area contributed by atoms with Crippen molar-refractivity contribution in [3.63, 3.8) is 0 Å². The molecule has 0 fully saturated rings. The van der Waals surface area contributed by atoms with Gasteiger partial charge in [-0.3, -0.25) is 4.79 Å². The molecular weight excluding hydrogens is 372 g/mol.